The summed E-state index contributed by atoms with van der Waals surface area (Å²) < 4.78 is 3.85. The normalized spacial score (nSPS) is 23.9. The molecule has 1 aromatic rings. The van der Waals surface area contributed by atoms with Gasteiger partial charge in [0, 0.05) is 11.4 Å². The Morgan fingerprint density at radius 1 is 1.50 bits per heavy atom. The van der Waals surface area contributed by atoms with Crippen molar-refractivity contribution in [1.29, 1.82) is 0 Å². The molecule has 0 bridgehead atoms. The third-order valence-corrected chi connectivity index (χ3v) is 5.41. The molecule has 1 fully saturated rings. The minimum absolute atomic E-state index is 0.0212. The van der Waals surface area contributed by atoms with E-state index < -0.39 is 0 Å². The van der Waals surface area contributed by atoms with Gasteiger partial charge in [-0.05, 0) is 36.7 Å². The number of rotatable bonds is 4. The van der Waals surface area contributed by atoms with Crippen LogP contribution >= 0.6 is 27.5 Å². The molecule has 1 saturated carbocycles. The lowest BCUT2D eigenvalue weighted by molar-refractivity contribution is 0.0947. The van der Waals surface area contributed by atoms with Crippen molar-refractivity contribution in [2.45, 2.75) is 43.9 Å². The van der Waals surface area contributed by atoms with E-state index in [2.05, 4.69) is 30.8 Å². The first-order valence-corrected chi connectivity index (χ1v) is 8.14. The highest BCUT2D eigenvalue weighted by Crippen LogP contribution is 2.29. The van der Waals surface area contributed by atoms with Gasteiger partial charge in [0.15, 0.2) is 0 Å². The Morgan fingerprint density at radius 2 is 2.28 bits per heavy atom. The maximum absolute atomic E-state index is 12.0. The Bertz CT molecular complexity index is 410. The number of amides is 1. The molecular formula is C12H18BrN3OS. The van der Waals surface area contributed by atoms with E-state index in [4.69, 9.17) is 0 Å². The highest BCUT2D eigenvalue weighted by atomic mass is 79.9. The maximum Gasteiger partial charge on any atom is 0.264 e. The zero-order valence-electron chi connectivity index (χ0n) is 10.5. The van der Waals surface area contributed by atoms with E-state index in [0.717, 1.165) is 18.7 Å². The second-order valence-electron chi connectivity index (χ2n) is 4.67. The molecule has 0 aromatic carbocycles. The highest BCUT2D eigenvalue weighted by molar-refractivity contribution is 9.09. The molecule has 100 valence electrons. The van der Waals surface area contributed by atoms with Gasteiger partial charge in [-0.15, -0.1) is 5.10 Å². The first kappa shape index (κ1) is 13.9. The fourth-order valence-electron chi connectivity index (χ4n) is 2.31. The third kappa shape index (κ3) is 3.29. The average molecular weight is 332 g/mol. The number of nitrogens with one attached hydrogen (secondary N) is 1. The smallest absolute Gasteiger partial charge is 0.264 e. The Hall–Kier alpha value is -0.490. The summed E-state index contributed by atoms with van der Waals surface area (Å²) in [6, 6.07) is 0. The third-order valence-electron chi connectivity index (χ3n) is 3.44. The van der Waals surface area contributed by atoms with Crippen LogP contribution in [0.1, 0.15) is 48.0 Å². The molecule has 0 saturated heterocycles. The summed E-state index contributed by atoms with van der Waals surface area (Å²) in [5, 5.41) is 6.99. The van der Waals surface area contributed by atoms with Gasteiger partial charge in [0.1, 0.15) is 4.88 Å². The number of aromatic nitrogens is 2. The van der Waals surface area contributed by atoms with Crippen LogP contribution in [0.25, 0.3) is 0 Å². The molecule has 2 unspecified atom stereocenters. The molecule has 2 atom stereocenters. The average Bonchev–Trinajstić information content (AvgIpc) is 2.86. The van der Waals surface area contributed by atoms with Gasteiger partial charge in [-0.2, -0.15) is 0 Å². The highest BCUT2D eigenvalue weighted by Gasteiger charge is 2.24. The Balaban J connectivity index is 1.88. The molecule has 0 radical (unpaired) electrons. The van der Waals surface area contributed by atoms with Crippen molar-refractivity contribution in [2.24, 2.45) is 5.92 Å². The molecule has 2 rings (SSSR count). The van der Waals surface area contributed by atoms with Crippen molar-refractivity contribution in [2.75, 3.05) is 6.54 Å². The summed E-state index contributed by atoms with van der Waals surface area (Å²) in [5.74, 6) is 0.529. The predicted octanol–water partition coefficient (Wildman–Crippen LogP) is 2.78. The Morgan fingerprint density at radius 3 is 3.00 bits per heavy atom. The van der Waals surface area contributed by atoms with Gasteiger partial charge < -0.3 is 5.32 Å². The first-order chi connectivity index (χ1) is 8.72. The topological polar surface area (TPSA) is 54.9 Å². The van der Waals surface area contributed by atoms with Gasteiger partial charge in [-0.1, -0.05) is 40.2 Å². The van der Waals surface area contributed by atoms with Crippen LogP contribution in [0, 0.1) is 5.92 Å². The molecular weight excluding hydrogens is 314 g/mol. The number of aryl methyl sites for hydroxylation is 1. The first-order valence-electron chi connectivity index (χ1n) is 6.45. The molecule has 4 nitrogen and oxygen atoms in total. The van der Waals surface area contributed by atoms with Crippen LogP contribution in [-0.2, 0) is 6.42 Å². The van der Waals surface area contributed by atoms with Crippen molar-refractivity contribution < 1.29 is 4.79 Å². The summed E-state index contributed by atoms with van der Waals surface area (Å²) in [6.45, 7) is 2.74. The van der Waals surface area contributed by atoms with Crippen LogP contribution in [0.4, 0.5) is 0 Å². The van der Waals surface area contributed by atoms with Crippen LogP contribution < -0.4 is 5.32 Å². The number of hydrogen-bond donors (Lipinski definition) is 1. The maximum atomic E-state index is 12.0. The predicted molar refractivity (Wildman–Crippen MR) is 76.3 cm³/mol. The van der Waals surface area contributed by atoms with E-state index in [1.165, 1.54) is 37.2 Å². The van der Waals surface area contributed by atoms with Gasteiger partial charge in [-0.25, -0.2) is 0 Å². The molecule has 0 aliphatic heterocycles. The molecule has 1 amide bonds. The van der Waals surface area contributed by atoms with E-state index in [9.17, 15) is 4.79 Å². The van der Waals surface area contributed by atoms with Crippen molar-refractivity contribution in [3.63, 3.8) is 0 Å². The minimum atomic E-state index is -0.0212. The van der Waals surface area contributed by atoms with Crippen LogP contribution in [0.15, 0.2) is 0 Å². The second-order valence-corrected chi connectivity index (χ2v) is 6.60. The van der Waals surface area contributed by atoms with Crippen LogP contribution in [0.5, 0.6) is 0 Å². The monoisotopic (exact) mass is 331 g/mol. The summed E-state index contributed by atoms with van der Waals surface area (Å²) >= 11 is 4.89. The fraction of sp³-hybridized carbons (Fsp3) is 0.750. The largest absolute Gasteiger partial charge is 0.351 e. The van der Waals surface area contributed by atoms with Crippen molar-refractivity contribution in [1.82, 2.24) is 14.9 Å². The van der Waals surface area contributed by atoms with Crippen LogP contribution in [0.3, 0.4) is 0 Å². The molecule has 1 aliphatic rings. The summed E-state index contributed by atoms with van der Waals surface area (Å²) in [4.78, 5) is 13.2. The molecule has 1 aromatic heterocycles. The number of hydrogen-bond acceptors (Lipinski definition) is 4. The van der Waals surface area contributed by atoms with E-state index >= 15 is 0 Å². The summed E-state index contributed by atoms with van der Waals surface area (Å²) in [5.41, 5.74) is 0.802. The molecule has 1 aliphatic carbocycles. The van der Waals surface area contributed by atoms with Crippen LogP contribution in [-0.4, -0.2) is 26.9 Å². The van der Waals surface area contributed by atoms with Crippen molar-refractivity contribution >= 4 is 33.4 Å². The zero-order valence-corrected chi connectivity index (χ0v) is 12.9. The van der Waals surface area contributed by atoms with Gasteiger partial charge in [0.2, 0.25) is 0 Å². The quantitative estimate of drug-likeness (QED) is 0.863. The number of halogens is 1. The van der Waals surface area contributed by atoms with Gasteiger partial charge >= 0.3 is 0 Å². The Kier molecular flexibility index (Phi) is 5.12. The standard InChI is InChI=1S/C12H18BrN3OS/c1-2-10-11(18-16-15-10)12(17)14-7-8-5-3-4-6-9(8)13/h8-9H,2-7H2,1H3,(H,14,17). The molecule has 6 heteroatoms. The second kappa shape index (κ2) is 6.61. The number of carbonyl (C=O) groups is 1. The molecule has 1 heterocycles. The van der Waals surface area contributed by atoms with Crippen molar-refractivity contribution in [3.8, 4) is 0 Å². The fourth-order valence-corrected chi connectivity index (χ4v) is 3.75. The molecule has 0 spiro atoms. The number of nitrogens with zero attached hydrogens (tertiary/aromatic N) is 2. The summed E-state index contributed by atoms with van der Waals surface area (Å²) in [6.07, 6.45) is 5.72. The van der Waals surface area contributed by atoms with Crippen molar-refractivity contribution in [3.05, 3.63) is 10.6 Å². The van der Waals surface area contributed by atoms with Gasteiger partial charge in [0.25, 0.3) is 5.91 Å². The van der Waals surface area contributed by atoms with Crippen LogP contribution in [0.2, 0.25) is 0 Å². The Labute approximate surface area is 120 Å². The van der Waals surface area contributed by atoms with Gasteiger partial charge in [-0.3, -0.25) is 4.79 Å². The van der Waals surface area contributed by atoms with E-state index in [1.807, 2.05) is 6.92 Å². The zero-order chi connectivity index (χ0) is 13.0. The lowest BCUT2D eigenvalue weighted by Crippen LogP contribution is -2.34. The minimum Gasteiger partial charge on any atom is -0.351 e. The number of alkyl halides is 1. The lowest BCUT2D eigenvalue weighted by Gasteiger charge is -2.27. The molecule has 18 heavy (non-hydrogen) atoms. The molecule has 1 N–H and O–H groups in total. The van der Waals surface area contributed by atoms with E-state index in [-0.39, 0.29) is 5.91 Å². The summed E-state index contributed by atoms with van der Waals surface area (Å²) in [7, 11) is 0. The lowest BCUT2D eigenvalue weighted by atomic mass is 9.89. The number of carbonyl (C=O) groups excluding carboxylic acids is 1. The SMILES string of the molecule is CCc1nnsc1C(=O)NCC1CCCCC1Br. The van der Waals surface area contributed by atoms with Gasteiger partial charge in [0.05, 0.1) is 5.69 Å². The van der Waals surface area contributed by atoms with E-state index in [1.54, 1.807) is 0 Å². The van der Waals surface area contributed by atoms with E-state index in [0.29, 0.717) is 15.6 Å².